The summed E-state index contributed by atoms with van der Waals surface area (Å²) in [6.07, 6.45) is 9.76. The lowest BCUT2D eigenvalue weighted by atomic mass is 9.48. The van der Waals surface area contributed by atoms with Crippen molar-refractivity contribution in [3.05, 3.63) is 65.7 Å². The van der Waals surface area contributed by atoms with Gasteiger partial charge in [-0.05, 0) is 103 Å². The van der Waals surface area contributed by atoms with E-state index < -0.39 is 8.32 Å². The minimum absolute atomic E-state index is 0.0846. The maximum Gasteiger partial charge on any atom is 0.344 e. The minimum Gasteiger partial charge on any atom is -0.543 e. The normalized spacial score (nSPS) is 27.5. The number of hydrogen-bond donors (Lipinski definition) is 0. The van der Waals surface area contributed by atoms with Gasteiger partial charge in [0.25, 0.3) is 0 Å². The monoisotopic (exact) mass is 488 g/mol. The van der Waals surface area contributed by atoms with Crippen molar-refractivity contribution in [3.63, 3.8) is 0 Å². The first-order valence-corrected chi connectivity index (χ1v) is 16.2. The summed E-state index contributed by atoms with van der Waals surface area (Å²) in [5, 5.41) is 0.0846. The lowest BCUT2D eigenvalue weighted by Gasteiger charge is -2.57. The smallest absolute Gasteiger partial charge is 0.344 e. The molecule has 4 bridgehead atoms. The Hall–Kier alpha value is -2.33. The van der Waals surface area contributed by atoms with E-state index in [1.807, 2.05) is 30.3 Å². The molecule has 0 amide bonds. The van der Waals surface area contributed by atoms with Crippen LogP contribution in [0.3, 0.4) is 0 Å². The van der Waals surface area contributed by atoms with Crippen molar-refractivity contribution in [2.45, 2.75) is 82.8 Å². The van der Waals surface area contributed by atoms with Crippen LogP contribution in [0.5, 0.6) is 11.5 Å². The molecule has 6 rings (SSSR count). The van der Waals surface area contributed by atoms with Crippen molar-refractivity contribution < 1.29 is 14.0 Å². The second-order valence-corrected chi connectivity index (χ2v) is 17.6. The Labute approximate surface area is 212 Å². The van der Waals surface area contributed by atoms with E-state index in [2.05, 4.69) is 46.5 Å². The first-order chi connectivity index (χ1) is 16.5. The Balaban J connectivity index is 1.52. The number of carbonyl (C=O) groups is 1. The van der Waals surface area contributed by atoms with E-state index in [-0.39, 0.29) is 16.4 Å². The fourth-order valence-corrected chi connectivity index (χ4v) is 8.00. The number of esters is 1. The summed E-state index contributed by atoms with van der Waals surface area (Å²) < 4.78 is 12.9. The maximum atomic E-state index is 13.1. The summed E-state index contributed by atoms with van der Waals surface area (Å²) in [6.45, 7) is 15.3. The van der Waals surface area contributed by atoms with E-state index in [0.29, 0.717) is 11.3 Å². The summed E-state index contributed by atoms with van der Waals surface area (Å²) in [4.78, 5) is 13.1. The molecule has 0 spiro atoms. The number of carbonyl (C=O) groups excluding carboxylic acids is 1. The molecule has 0 N–H and O–H groups in total. The third kappa shape index (κ3) is 4.50. The second-order valence-electron chi connectivity index (χ2n) is 12.9. The van der Waals surface area contributed by atoms with Gasteiger partial charge in [0, 0.05) is 6.07 Å². The maximum absolute atomic E-state index is 13.1. The molecule has 0 aromatic heterocycles. The van der Waals surface area contributed by atoms with Gasteiger partial charge in [-0.25, -0.2) is 4.79 Å². The molecule has 0 atom stereocenters. The fourth-order valence-electron chi connectivity index (χ4n) is 6.98. The van der Waals surface area contributed by atoms with Crippen molar-refractivity contribution in [1.82, 2.24) is 0 Å². The predicted molar refractivity (Wildman–Crippen MR) is 146 cm³/mol. The Kier molecular flexibility index (Phi) is 6.02. The largest absolute Gasteiger partial charge is 0.543 e. The lowest BCUT2D eigenvalue weighted by molar-refractivity contribution is -0.00587. The van der Waals surface area contributed by atoms with Gasteiger partial charge in [0.1, 0.15) is 11.5 Å². The van der Waals surface area contributed by atoms with Crippen LogP contribution >= 0.6 is 0 Å². The van der Waals surface area contributed by atoms with E-state index in [1.54, 1.807) is 12.1 Å². The molecule has 0 unspecified atom stereocenters. The first kappa shape index (κ1) is 24.4. The highest BCUT2D eigenvalue weighted by atomic mass is 28.4. The first-order valence-electron chi connectivity index (χ1n) is 13.3. The summed E-state index contributed by atoms with van der Waals surface area (Å²) in [5.41, 5.74) is 2.87. The van der Waals surface area contributed by atoms with Crippen molar-refractivity contribution >= 4 is 20.4 Å². The van der Waals surface area contributed by atoms with Gasteiger partial charge >= 0.3 is 5.97 Å². The van der Waals surface area contributed by atoms with Crippen LogP contribution in [0.25, 0.3) is 6.08 Å². The molecule has 2 aromatic rings. The van der Waals surface area contributed by atoms with E-state index >= 15 is 0 Å². The molecule has 0 radical (unpaired) electrons. The molecule has 4 heteroatoms. The zero-order valence-corrected chi connectivity index (χ0v) is 23.0. The predicted octanol–water partition coefficient (Wildman–Crippen LogP) is 8.40. The molecule has 4 aliphatic carbocycles. The van der Waals surface area contributed by atoms with Gasteiger partial charge in [-0.3, -0.25) is 0 Å². The van der Waals surface area contributed by atoms with Crippen LogP contribution in [0.15, 0.2) is 49.0 Å². The molecular formula is C31H40O3Si. The molecule has 0 saturated heterocycles. The van der Waals surface area contributed by atoms with Crippen LogP contribution in [0.4, 0.5) is 0 Å². The molecular weight excluding hydrogens is 448 g/mol. The molecule has 186 valence electrons. The van der Waals surface area contributed by atoms with Crippen molar-refractivity contribution in [3.8, 4) is 11.5 Å². The number of hydrogen-bond acceptors (Lipinski definition) is 3. The van der Waals surface area contributed by atoms with E-state index in [4.69, 9.17) is 9.16 Å². The number of benzene rings is 2. The van der Waals surface area contributed by atoms with Gasteiger partial charge < -0.3 is 9.16 Å². The molecule has 0 heterocycles. The zero-order valence-electron chi connectivity index (χ0n) is 22.0. The molecule has 4 fully saturated rings. The van der Waals surface area contributed by atoms with Crippen molar-refractivity contribution in [1.29, 1.82) is 0 Å². The van der Waals surface area contributed by atoms with Crippen molar-refractivity contribution in [2.24, 2.45) is 17.8 Å². The molecule has 3 nitrogen and oxygen atoms in total. The minimum atomic E-state index is -2.09. The topological polar surface area (TPSA) is 35.5 Å². The molecule has 4 aliphatic rings. The molecule has 0 aliphatic heterocycles. The third-order valence-corrected chi connectivity index (χ3v) is 13.7. The van der Waals surface area contributed by atoms with Crippen molar-refractivity contribution in [2.75, 3.05) is 0 Å². The molecule has 35 heavy (non-hydrogen) atoms. The van der Waals surface area contributed by atoms with Gasteiger partial charge in [-0.2, -0.15) is 0 Å². The SMILES string of the molecule is C=Cc1ccccc1C(=O)Oc1ccc(C23CC4CC(CC(C4)C2)C3)c(O[Si](C)(C)C(C)(C)C)c1. The number of ether oxygens (including phenoxy) is 1. The van der Waals surface area contributed by atoms with Gasteiger partial charge in [-0.15, -0.1) is 0 Å². The lowest BCUT2D eigenvalue weighted by Crippen LogP contribution is -2.49. The average Bonchev–Trinajstić information content (AvgIpc) is 2.77. The zero-order chi connectivity index (χ0) is 25.0. The summed E-state index contributed by atoms with van der Waals surface area (Å²) >= 11 is 0. The Morgan fingerprint density at radius 2 is 1.60 bits per heavy atom. The quantitative estimate of drug-likeness (QED) is 0.233. The summed E-state index contributed by atoms with van der Waals surface area (Å²) in [5.74, 6) is 3.71. The van der Waals surface area contributed by atoms with Crippen LogP contribution in [0.1, 0.15) is 80.8 Å². The highest BCUT2D eigenvalue weighted by Crippen LogP contribution is 2.62. The van der Waals surface area contributed by atoms with Crippen LogP contribution in [0, 0.1) is 17.8 Å². The van der Waals surface area contributed by atoms with Crippen LogP contribution < -0.4 is 9.16 Å². The van der Waals surface area contributed by atoms with Crippen LogP contribution in [-0.2, 0) is 5.41 Å². The van der Waals surface area contributed by atoms with Crippen LogP contribution in [0.2, 0.25) is 18.1 Å². The Bertz CT molecular complexity index is 1100. The van der Waals surface area contributed by atoms with E-state index in [0.717, 1.165) is 29.1 Å². The average molecular weight is 489 g/mol. The van der Waals surface area contributed by atoms with E-state index in [1.165, 1.54) is 44.1 Å². The highest BCUT2D eigenvalue weighted by Gasteiger charge is 2.53. The number of rotatable bonds is 6. The van der Waals surface area contributed by atoms with Gasteiger partial charge in [0.2, 0.25) is 8.32 Å². The summed E-state index contributed by atoms with van der Waals surface area (Å²) in [6, 6.07) is 13.6. The molecule has 2 aromatic carbocycles. The van der Waals surface area contributed by atoms with Gasteiger partial charge in [0.15, 0.2) is 0 Å². The third-order valence-electron chi connectivity index (χ3n) is 9.35. The standard InChI is InChI=1S/C31H40O3Si/c1-7-24-10-8-9-11-26(24)29(32)33-25-12-13-27(28(17-25)34-35(5,6)30(2,3)4)31-18-21-14-22(19-31)16-23(15-21)20-31/h7-13,17,21-23H,1,14-16,18-20H2,2-6H3. The Morgan fingerprint density at radius 1 is 1.00 bits per heavy atom. The van der Waals surface area contributed by atoms with Gasteiger partial charge in [-0.1, -0.05) is 57.7 Å². The summed E-state index contributed by atoms with van der Waals surface area (Å²) in [7, 11) is -2.09. The van der Waals surface area contributed by atoms with Crippen LogP contribution in [-0.4, -0.2) is 14.3 Å². The van der Waals surface area contributed by atoms with E-state index in [9.17, 15) is 4.79 Å². The second kappa shape index (κ2) is 8.65. The molecule has 4 saturated carbocycles. The highest BCUT2D eigenvalue weighted by molar-refractivity contribution is 6.74. The fraction of sp³-hybridized carbons (Fsp3) is 0.516. The van der Waals surface area contributed by atoms with Gasteiger partial charge in [0.05, 0.1) is 5.56 Å². The Morgan fingerprint density at radius 3 is 2.17 bits per heavy atom.